The summed E-state index contributed by atoms with van der Waals surface area (Å²) in [7, 11) is 0. The molecule has 3 aromatic rings. The van der Waals surface area contributed by atoms with E-state index in [1.165, 1.54) is 12.8 Å². The minimum Gasteiger partial charge on any atom is -0.438 e. The van der Waals surface area contributed by atoms with Crippen LogP contribution in [-0.2, 0) is 5.41 Å². The van der Waals surface area contributed by atoms with Gasteiger partial charge >= 0.3 is 0 Å². The molecule has 132 valence electrons. The van der Waals surface area contributed by atoms with Gasteiger partial charge in [0.25, 0.3) is 0 Å². The smallest absolute Gasteiger partial charge is 0.234 e. The van der Waals surface area contributed by atoms with Crippen LogP contribution in [0.5, 0.6) is 11.6 Å². The van der Waals surface area contributed by atoms with E-state index in [1.54, 1.807) is 6.20 Å². The van der Waals surface area contributed by atoms with Crippen LogP contribution in [0.3, 0.4) is 0 Å². The molecule has 1 aliphatic heterocycles. The zero-order chi connectivity index (χ0) is 17.4. The van der Waals surface area contributed by atoms with Gasteiger partial charge in [0.15, 0.2) is 0 Å². The number of para-hydroxylation sites is 1. The van der Waals surface area contributed by atoms with Crippen molar-refractivity contribution in [3.8, 4) is 23.0 Å². The van der Waals surface area contributed by atoms with Crippen molar-refractivity contribution < 1.29 is 9.26 Å². The minimum atomic E-state index is -0.00604. The van der Waals surface area contributed by atoms with Crippen molar-refractivity contribution in [3.05, 3.63) is 54.6 Å². The molecule has 0 amide bonds. The number of hydrogen-bond acceptors (Lipinski definition) is 6. The summed E-state index contributed by atoms with van der Waals surface area (Å²) in [6.07, 6.45) is 5.25. The zero-order valence-electron chi connectivity index (χ0n) is 14.4. The number of fused-ring (bicyclic) bond motifs is 1. The molecule has 0 radical (unpaired) electrons. The Morgan fingerprint density at radius 3 is 3.00 bits per heavy atom. The Balaban J connectivity index is 1.49. The second-order valence-electron chi connectivity index (χ2n) is 7.07. The molecule has 2 atom stereocenters. The lowest BCUT2D eigenvalue weighted by Crippen LogP contribution is -2.31. The Morgan fingerprint density at radius 1 is 1.15 bits per heavy atom. The zero-order valence-corrected chi connectivity index (χ0v) is 14.4. The summed E-state index contributed by atoms with van der Waals surface area (Å²) in [4.78, 5) is 9.13. The molecule has 6 nitrogen and oxygen atoms in total. The monoisotopic (exact) mass is 348 g/mol. The first-order valence-electron chi connectivity index (χ1n) is 9.08. The van der Waals surface area contributed by atoms with Gasteiger partial charge in [0.1, 0.15) is 5.75 Å². The van der Waals surface area contributed by atoms with Crippen molar-refractivity contribution in [3.63, 3.8) is 0 Å². The third-order valence-electron chi connectivity index (χ3n) is 5.61. The normalized spacial score (nSPS) is 24.5. The molecule has 1 aliphatic carbocycles. The van der Waals surface area contributed by atoms with E-state index in [0.29, 0.717) is 17.6 Å². The molecule has 0 bridgehead atoms. The number of pyridine rings is 1. The average Bonchev–Trinajstić information content (AvgIpc) is 3.38. The van der Waals surface area contributed by atoms with E-state index in [1.807, 2.05) is 42.5 Å². The van der Waals surface area contributed by atoms with Gasteiger partial charge in [-0.05, 0) is 49.6 Å². The summed E-state index contributed by atoms with van der Waals surface area (Å²) >= 11 is 0. The highest BCUT2D eigenvalue weighted by atomic mass is 16.5. The molecule has 6 heteroatoms. The average molecular weight is 348 g/mol. The van der Waals surface area contributed by atoms with E-state index in [-0.39, 0.29) is 5.41 Å². The first-order valence-corrected chi connectivity index (χ1v) is 9.08. The molecule has 5 rings (SSSR count). The van der Waals surface area contributed by atoms with Crippen molar-refractivity contribution in [2.24, 2.45) is 5.92 Å². The van der Waals surface area contributed by atoms with Gasteiger partial charge in [-0.2, -0.15) is 4.98 Å². The first kappa shape index (κ1) is 15.5. The number of ether oxygens (including phenoxy) is 1. The Labute approximate surface area is 151 Å². The quantitative estimate of drug-likeness (QED) is 0.777. The van der Waals surface area contributed by atoms with E-state index >= 15 is 0 Å². The lowest BCUT2D eigenvalue weighted by atomic mass is 9.80. The van der Waals surface area contributed by atoms with E-state index in [2.05, 4.69) is 15.5 Å². The largest absolute Gasteiger partial charge is 0.438 e. The van der Waals surface area contributed by atoms with Gasteiger partial charge in [-0.3, -0.25) is 0 Å². The third-order valence-corrected chi connectivity index (χ3v) is 5.61. The molecule has 1 saturated carbocycles. The molecular weight excluding hydrogens is 328 g/mol. The number of nitrogens with zero attached hydrogens (tertiary/aromatic N) is 3. The van der Waals surface area contributed by atoms with Crippen molar-refractivity contribution in [1.29, 1.82) is 0 Å². The standard InChI is InChI=1S/C20H20N4O2/c1-2-7-15(8-3-1)25-18-16(9-5-11-22-18)17-23-19(26-24-17)20-10-4-6-14(20)12-21-13-20/h1-3,5,7-9,11,14,21H,4,6,10,12-13H2/t14-,20-/m1/s1. The fraction of sp³-hybridized carbons (Fsp3) is 0.350. The molecule has 1 saturated heterocycles. The fourth-order valence-electron chi connectivity index (χ4n) is 4.28. The molecule has 1 N–H and O–H groups in total. The summed E-state index contributed by atoms with van der Waals surface area (Å²) in [5.41, 5.74) is 0.733. The lowest BCUT2D eigenvalue weighted by molar-refractivity contribution is 0.265. The maximum Gasteiger partial charge on any atom is 0.234 e. The highest BCUT2D eigenvalue weighted by Gasteiger charge is 2.51. The van der Waals surface area contributed by atoms with Crippen LogP contribution in [0.25, 0.3) is 11.4 Å². The number of hydrogen-bond donors (Lipinski definition) is 1. The Morgan fingerprint density at radius 2 is 2.08 bits per heavy atom. The second-order valence-corrected chi connectivity index (χ2v) is 7.07. The van der Waals surface area contributed by atoms with Crippen molar-refractivity contribution in [2.45, 2.75) is 24.7 Å². The number of rotatable bonds is 4. The molecule has 2 aliphatic rings. The van der Waals surface area contributed by atoms with Crippen LogP contribution < -0.4 is 10.1 Å². The SMILES string of the molecule is c1ccc(Oc2ncccc2-c2noc([C@@]34CCC[C@@H]3CNC4)n2)cc1. The van der Waals surface area contributed by atoms with Gasteiger partial charge in [-0.1, -0.05) is 29.8 Å². The lowest BCUT2D eigenvalue weighted by Gasteiger charge is -2.22. The predicted octanol–water partition coefficient (Wildman–Crippen LogP) is 3.57. The van der Waals surface area contributed by atoms with Crippen molar-refractivity contribution >= 4 is 0 Å². The van der Waals surface area contributed by atoms with Crippen LogP contribution in [0.2, 0.25) is 0 Å². The van der Waals surface area contributed by atoms with Crippen LogP contribution in [0.15, 0.2) is 53.2 Å². The molecule has 2 aromatic heterocycles. The summed E-state index contributed by atoms with van der Waals surface area (Å²) < 4.78 is 11.7. The molecule has 3 heterocycles. The van der Waals surface area contributed by atoms with Crippen LogP contribution >= 0.6 is 0 Å². The summed E-state index contributed by atoms with van der Waals surface area (Å²) in [6, 6.07) is 13.4. The van der Waals surface area contributed by atoms with E-state index in [0.717, 1.165) is 36.7 Å². The molecule has 2 fully saturated rings. The van der Waals surface area contributed by atoms with Gasteiger partial charge < -0.3 is 14.6 Å². The molecule has 26 heavy (non-hydrogen) atoms. The fourth-order valence-corrected chi connectivity index (χ4v) is 4.28. The summed E-state index contributed by atoms with van der Waals surface area (Å²) in [5, 5.41) is 7.75. The van der Waals surface area contributed by atoms with E-state index in [9.17, 15) is 0 Å². The summed E-state index contributed by atoms with van der Waals surface area (Å²) in [5.74, 6) is 3.08. The molecular formula is C20H20N4O2. The van der Waals surface area contributed by atoms with Gasteiger partial charge in [0.05, 0.1) is 11.0 Å². The third kappa shape index (κ3) is 2.49. The van der Waals surface area contributed by atoms with Gasteiger partial charge in [-0.25, -0.2) is 4.98 Å². The van der Waals surface area contributed by atoms with Crippen LogP contribution in [-0.4, -0.2) is 28.2 Å². The number of aromatic nitrogens is 3. The van der Waals surface area contributed by atoms with Gasteiger partial charge in [0.2, 0.25) is 17.6 Å². The number of benzene rings is 1. The first-order chi connectivity index (χ1) is 12.9. The highest BCUT2D eigenvalue weighted by Crippen LogP contribution is 2.47. The second kappa shape index (κ2) is 6.21. The van der Waals surface area contributed by atoms with Crippen LogP contribution in [0.4, 0.5) is 0 Å². The Bertz CT molecular complexity index is 899. The maximum absolute atomic E-state index is 5.94. The Kier molecular flexibility index (Phi) is 3.71. The highest BCUT2D eigenvalue weighted by molar-refractivity contribution is 5.61. The van der Waals surface area contributed by atoms with E-state index < -0.39 is 0 Å². The summed E-state index contributed by atoms with van der Waals surface area (Å²) in [6.45, 7) is 1.95. The number of nitrogens with one attached hydrogen (secondary N) is 1. The van der Waals surface area contributed by atoms with Crippen molar-refractivity contribution in [2.75, 3.05) is 13.1 Å². The molecule has 0 unspecified atom stereocenters. The molecule has 0 spiro atoms. The topological polar surface area (TPSA) is 73.1 Å². The maximum atomic E-state index is 5.94. The molecule has 1 aromatic carbocycles. The van der Waals surface area contributed by atoms with E-state index in [4.69, 9.17) is 14.2 Å². The van der Waals surface area contributed by atoms with Crippen LogP contribution in [0.1, 0.15) is 25.2 Å². The van der Waals surface area contributed by atoms with Crippen LogP contribution in [0, 0.1) is 5.92 Å². The predicted molar refractivity (Wildman–Crippen MR) is 95.9 cm³/mol. The minimum absolute atomic E-state index is 0.00604. The van der Waals surface area contributed by atoms with Gasteiger partial charge in [-0.15, -0.1) is 0 Å². The van der Waals surface area contributed by atoms with Gasteiger partial charge in [0, 0.05) is 12.7 Å². The van der Waals surface area contributed by atoms with Crippen molar-refractivity contribution in [1.82, 2.24) is 20.4 Å². The Hall–Kier alpha value is -2.73.